The number of aryl methyl sites for hydroxylation is 1. The number of nitrogens with zero attached hydrogens (tertiary/aromatic N) is 1. The van der Waals surface area contributed by atoms with Crippen molar-refractivity contribution in [2.45, 2.75) is 0 Å². The lowest BCUT2D eigenvalue weighted by atomic mass is 10.0. The Hall–Kier alpha value is -1.85. The molecule has 1 aromatic heterocycles. The number of carbonyl (C=O) groups is 1. The van der Waals surface area contributed by atoms with Crippen LogP contribution in [0.3, 0.4) is 0 Å². The fourth-order valence-electron chi connectivity index (χ4n) is 2.10. The molecule has 3 aromatic rings. The highest BCUT2D eigenvalue weighted by molar-refractivity contribution is 9.10. The number of oxazole rings is 1. The van der Waals surface area contributed by atoms with E-state index in [1.54, 1.807) is 43.4 Å². The lowest BCUT2D eigenvalue weighted by molar-refractivity contribution is 0.103. The zero-order chi connectivity index (χ0) is 15.1. The van der Waals surface area contributed by atoms with Crippen molar-refractivity contribution in [3.8, 4) is 0 Å². The first-order chi connectivity index (χ1) is 9.97. The summed E-state index contributed by atoms with van der Waals surface area (Å²) in [6.45, 7) is 0. The number of ketones is 1. The van der Waals surface area contributed by atoms with Gasteiger partial charge in [0.15, 0.2) is 11.4 Å². The molecule has 0 radical (unpaired) electrons. The third-order valence-corrected chi connectivity index (χ3v) is 4.05. The van der Waals surface area contributed by atoms with Crippen LogP contribution in [0.5, 0.6) is 0 Å². The number of aromatic nitrogens is 1. The summed E-state index contributed by atoms with van der Waals surface area (Å²) < 4.78 is 7.24. The summed E-state index contributed by atoms with van der Waals surface area (Å²) >= 11 is 9.39. The van der Waals surface area contributed by atoms with E-state index in [1.165, 1.54) is 4.57 Å². The van der Waals surface area contributed by atoms with Gasteiger partial charge in [-0.3, -0.25) is 9.36 Å². The van der Waals surface area contributed by atoms with Crippen LogP contribution in [0.4, 0.5) is 0 Å². The molecule has 0 spiro atoms. The monoisotopic (exact) mass is 365 g/mol. The Morgan fingerprint density at radius 2 is 2.00 bits per heavy atom. The standard InChI is InChI=1S/C15H9BrClNO3/c1-18-12-5-2-8(6-13(12)21-15(18)20)14(19)10-7-9(16)3-4-11(10)17/h2-7H,1H3. The van der Waals surface area contributed by atoms with E-state index in [1.807, 2.05) is 0 Å². The van der Waals surface area contributed by atoms with Gasteiger partial charge in [-0.25, -0.2) is 4.79 Å². The molecular formula is C15H9BrClNO3. The van der Waals surface area contributed by atoms with Gasteiger partial charge < -0.3 is 4.42 Å². The molecule has 0 aliphatic heterocycles. The largest absolute Gasteiger partial charge is 0.419 e. The predicted octanol–water partition coefficient (Wildman–Crippen LogP) is 3.78. The highest BCUT2D eigenvalue weighted by Gasteiger charge is 2.15. The molecule has 0 aliphatic carbocycles. The molecule has 0 atom stereocenters. The number of fused-ring (bicyclic) bond motifs is 1. The maximum absolute atomic E-state index is 12.5. The number of benzene rings is 2. The Bertz CT molecular complexity index is 926. The van der Waals surface area contributed by atoms with Crippen molar-refractivity contribution < 1.29 is 9.21 Å². The summed E-state index contributed by atoms with van der Waals surface area (Å²) in [7, 11) is 1.61. The number of carbonyl (C=O) groups excluding carboxylic acids is 1. The van der Waals surface area contributed by atoms with Crippen LogP contribution in [0, 0.1) is 0 Å². The van der Waals surface area contributed by atoms with Crippen LogP contribution in [-0.2, 0) is 7.05 Å². The molecule has 6 heteroatoms. The van der Waals surface area contributed by atoms with E-state index in [4.69, 9.17) is 16.0 Å². The van der Waals surface area contributed by atoms with Gasteiger partial charge in [-0.2, -0.15) is 0 Å². The van der Waals surface area contributed by atoms with E-state index in [9.17, 15) is 9.59 Å². The quantitative estimate of drug-likeness (QED) is 0.649. The van der Waals surface area contributed by atoms with E-state index < -0.39 is 5.76 Å². The molecule has 0 bridgehead atoms. The van der Waals surface area contributed by atoms with Gasteiger partial charge in [0.25, 0.3) is 0 Å². The first-order valence-corrected chi connectivity index (χ1v) is 7.24. The van der Waals surface area contributed by atoms with E-state index in [-0.39, 0.29) is 5.78 Å². The van der Waals surface area contributed by atoms with Crippen LogP contribution in [0.2, 0.25) is 5.02 Å². The summed E-state index contributed by atoms with van der Waals surface area (Å²) in [5.74, 6) is -0.690. The second-order valence-electron chi connectivity index (χ2n) is 4.56. The number of rotatable bonds is 2. The van der Waals surface area contributed by atoms with Crippen LogP contribution in [-0.4, -0.2) is 10.4 Å². The van der Waals surface area contributed by atoms with Crippen molar-refractivity contribution in [1.29, 1.82) is 0 Å². The highest BCUT2D eigenvalue weighted by atomic mass is 79.9. The molecule has 106 valence electrons. The molecule has 0 aliphatic rings. The van der Waals surface area contributed by atoms with E-state index in [2.05, 4.69) is 15.9 Å². The third kappa shape index (κ3) is 2.43. The average Bonchev–Trinajstić information content (AvgIpc) is 2.75. The average molecular weight is 367 g/mol. The molecule has 0 saturated heterocycles. The molecule has 1 heterocycles. The predicted molar refractivity (Wildman–Crippen MR) is 84.0 cm³/mol. The van der Waals surface area contributed by atoms with Crippen molar-refractivity contribution in [1.82, 2.24) is 4.57 Å². The minimum atomic E-state index is -0.463. The summed E-state index contributed by atoms with van der Waals surface area (Å²) in [4.78, 5) is 24.0. The van der Waals surface area contributed by atoms with Gasteiger partial charge in [0.1, 0.15) is 0 Å². The molecule has 0 amide bonds. The van der Waals surface area contributed by atoms with Gasteiger partial charge in [-0.05, 0) is 36.4 Å². The van der Waals surface area contributed by atoms with Crippen molar-refractivity contribution >= 4 is 44.4 Å². The highest BCUT2D eigenvalue weighted by Crippen LogP contribution is 2.25. The second-order valence-corrected chi connectivity index (χ2v) is 5.89. The molecule has 0 saturated carbocycles. The van der Waals surface area contributed by atoms with Crippen molar-refractivity contribution in [3.05, 3.63) is 67.6 Å². The molecule has 0 fully saturated rings. The van der Waals surface area contributed by atoms with Crippen molar-refractivity contribution in [2.24, 2.45) is 7.05 Å². The van der Waals surface area contributed by atoms with Crippen LogP contribution >= 0.6 is 27.5 Å². The lowest BCUT2D eigenvalue weighted by Gasteiger charge is -2.04. The number of hydrogen-bond donors (Lipinski definition) is 0. The first-order valence-electron chi connectivity index (χ1n) is 6.06. The molecular weight excluding hydrogens is 358 g/mol. The van der Waals surface area contributed by atoms with Crippen molar-refractivity contribution in [3.63, 3.8) is 0 Å². The van der Waals surface area contributed by atoms with Gasteiger partial charge >= 0.3 is 5.76 Å². The SMILES string of the molecule is Cn1c(=O)oc2cc(C(=O)c3cc(Br)ccc3Cl)ccc21. The minimum absolute atomic E-state index is 0.227. The summed E-state index contributed by atoms with van der Waals surface area (Å²) in [6, 6.07) is 9.96. The Morgan fingerprint density at radius 1 is 1.24 bits per heavy atom. The number of halogens is 2. The van der Waals surface area contributed by atoms with E-state index >= 15 is 0 Å². The number of hydrogen-bond acceptors (Lipinski definition) is 3. The molecule has 3 rings (SSSR count). The normalized spacial score (nSPS) is 11.0. The molecule has 0 N–H and O–H groups in total. The van der Waals surface area contributed by atoms with Gasteiger partial charge in [0.05, 0.1) is 10.5 Å². The van der Waals surface area contributed by atoms with Crippen LogP contribution in [0.25, 0.3) is 11.1 Å². The molecule has 21 heavy (non-hydrogen) atoms. The summed E-state index contributed by atoms with van der Waals surface area (Å²) in [5.41, 5.74) is 1.82. The van der Waals surface area contributed by atoms with E-state index in [0.717, 1.165) is 4.47 Å². The summed E-state index contributed by atoms with van der Waals surface area (Å²) in [6.07, 6.45) is 0. The first kappa shape index (κ1) is 14.1. The van der Waals surface area contributed by atoms with Gasteiger partial charge in [0, 0.05) is 22.6 Å². The maximum atomic E-state index is 12.5. The van der Waals surface area contributed by atoms with Gasteiger partial charge in [-0.1, -0.05) is 27.5 Å². The van der Waals surface area contributed by atoms with Crippen molar-refractivity contribution in [2.75, 3.05) is 0 Å². The van der Waals surface area contributed by atoms with Gasteiger partial charge in [-0.15, -0.1) is 0 Å². The Balaban J connectivity index is 2.13. The van der Waals surface area contributed by atoms with Gasteiger partial charge in [0.2, 0.25) is 0 Å². The molecule has 2 aromatic carbocycles. The zero-order valence-electron chi connectivity index (χ0n) is 10.9. The topological polar surface area (TPSA) is 52.2 Å². The summed E-state index contributed by atoms with van der Waals surface area (Å²) in [5, 5.41) is 0.373. The zero-order valence-corrected chi connectivity index (χ0v) is 13.2. The van der Waals surface area contributed by atoms with Crippen LogP contribution in [0.1, 0.15) is 15.9 Å². The van der Waals surface area contributed by atoms with Crippen LogP contribution in [0.15, 0.2) is 50.1 Å². The molecule has 0 unspecified atom stereocenters. The Labute approximate surface area is 133 Å². The lowest BCUT2D eigenvalue weighted by Crippen LogP contribution is -2.08. The third-order valence-electron chi connectivity index (χ3n) is 3.23. The van der Waals surface area contributed by atoms with Crippen LogP contribution < -0.4 is 5.76 Å². The molecule has 4 nitrogen and oxygen atoms in total. The minimum Gasteiger partial charge on any atom is -0.408 e. The maximum Gasteiger partial charge on any atom is 0.419 e. The second kappa shape index (κ2) is 5.16. The fraction of sp³-hybridized carbons (Fsp3) is 0.0667. The smallest absolute Gasteiger partial charge is 0.408 e. The Morgan fingerprint density at radius 3 is 2.76 bits per heavy atom. The van der Waals surface area contributed by atoms with E-state index in [0.29, 0.717) is 27.2 Å². The fourth-order valence-corrected chi connectivity index (χ4v) is 2.67. The Kier molecular flexibility index (Phi) is 3.47.